The van der Waals surface area contributed by atoms with Crippen LogP contribution in [0.5, 0.6) is 5.75 Å². The van der Waals surface area contributed by atoms with E-state index in [1.807, 2.05) is 29.6 Å². The molecule has 3 aromatic rings. The van der Waals surface area contributed by atoms with E-state index in [1.54, 1.807) is 37.4 Å². The largest absolute Gasteiger partial charge is 0.497 e. The topological polar surface area (TPSA) is 58.6 Å². The highest BCUT2D eigenvalue weighted by molar-refractivity contribution is 7.12. The minimum atomic E-state index is -1.11. The Balaban J connectivity index is 1.75. The van der Waals surface area contributed by atoms with Crippen LogP contribution < -0.4 is 10.1 Å². The van der Waals surface area contributed by atoms with Gasteiger partial charge in [-0.05, 0) is 48.1 Å². The molecule has 0 spiro atoms. The van der Waals surface area contributed by atoms with Crippen molar-refractivity contribution >= 4 is 23.2 Å². The predicted octanol–water partition coefficient (Wildman–Crippen LogP) is 5.73. The van der Waals surface area contributed by atoms with Gasteiger partial charge in [0.05, 0.1) is 12.0 Å². The third-order valence-electron chi connectivity index (χ3n) is 6.19. The van der Waals surface area contributed by atoms with Crippen molar-refractivity contribution in [2.24, 2.45) is 0 Å². The molecule has 1 N–H and O–H groups in total. The summed E-state index contributed by atoms with van der Waals surface area (Å²) < 4.78 is 20.4. The van der Waals surface area contributed by atoms with Crippen LogP contribution in [0.4, 0.5) is 4.39 Å². The summed E-state index contributed by atoms with van der Waals surface area (Å²) in [5, 5.41) is 4.93. The van der Waals surface area contributed by atoms with Gasteiger partial charge in [-0.1, -0.05) is 55.7 Å². The molecule has 0 unspecified atom stereocenters. The van der Waals surface area contributed by atoms with Crippen LogP contribution in [-0.4, -0.2) is 29.9 Å². The Hall–Kier alpha value is -3.19. The molecule has 1 aliphatic rings. The lowest BCUT2D eigenvalue weighted by Crippen LogP contribution is -2.47. The first-order valence-electron chi connectivity index (χ1n) is 11.6. The molecule has 1 heterocycles. The van der Waals surface area contributed by atoms with Gasteiger partial charge in [-0.15, -0.1) is 11.3 Å². The molecule has 7 heteroatoms. The van der Waals surface area contributed by atoms with Crippen molar-refractivity contribution in [2.45, 2.75) is 50.7 Å². The number of halogens is 1. The van der Waals surface area contributed by atoms with Gasteiger partial charge < -0.3 is 15.0 Å². The van der Waals surface area contributed by atoms with Crippen molar-refractivity contribution in [1.82, 2.24) is 10.2 Å². The molecular weight excluding hydrogens is 451 g/mol. The Morgan fingerprint density at radius 2 is 1.88 bits per heavy atom. The van der Waals surface area contributed by atoms with Crippen LogP contribution >= 0.6 is 11.3 Å². The average Bonchev–Trinajstić information content (AvgIpc) is 3.40. The molecule has 2 amide bonds. The molecule has 1 fully saturated rings. The van der Waals surface area contributed by atoms with Gasteiger partial charge in [0.1, 0.15) is 17.6 Å². The number of hydrogen-bond donors (Lipinski definition) is 1. The van der Waals surface area contributed by atoms with Gasteiger partial charge in [-0.25, -0.2) is 4.39 Å². The fraction of sp³-hybridized carbons (Fsp3) is 0.333. The van der Waals surface area contributed by atoms with E-state index in [0.29, 0.717) is 10.6 Å². The highest BCUT2D eigenvalue weighted by atomic mass is 32.1. The number of rotatable bonds is 8. The number of methoxy groups -OCH3 is 1. The van der Waals surface area contributed by atoms with E-state index in [-0.39, 0.29) is 30.0 Å². The molecule has 2 aromatic carbocycles. The summed E-state index contributed by atoms with van der Waals surface area (Å²) in [6.45, 7) is 0.130. The van der Waals surface area contributed by atoms with Gasteiger partial charge in [0.25, 0.3) is 5.91 Å². The number of benzene rings is 2. The van der Waals surface area contributed by atoms with Crippen molar-refractivity contribution in [1.29, 1.82) is 0 Å². The minimum Gasteiger partial charge on any atom is -0.497 e. The maximum Gasteiger partial charge on any atom is 0.265 e. The van der Waals surface area contributed by atoms with E-state index in [1.165, 1.54) is 22.3 Å². The first-order chi connectivity index (χ1) is 16.6. The van der Waals surface area contributed by atoms with Gasteiger partial charge in [0.15, 0.2) is 0 Å². The maximum atomic E-state index is 15.1. The Morgan fingerprint density at radius 1 is 1.09 bits per heavy atom. The normalized spacial score (nSPS) is 14.9. The number of carbonyl (C=O) groups is 2. The summed E-state index contributed by atoms with van der Waals surface area (Å²) in [5.41, 5.74) is 0.972. The zero-order chi connectivity index (χ0) is 23.9. The van der Waals surface area contributed by atoms with Crippen LogP contribution in [0.25, 0.3) is 0 Å². The molecule has 0 aliphatic heterocycles. The van der Waals surface area contributed by atoms with Gasteiger partial charge in [0, 0.05) is 18.2 Å². The van der Waals surface area contributed by atoms with E-state index in [4.69, 9.17) is 4.74 Å². The Kier molecular flexibility index (Phi) is 7.95. The van der Waals surface area contributed by atoms with E-state index in [0.717, 1.165) is 37.7 Å². The van der Waals surface area contributed by atoms with Crippen molar-refractivity contribution in [2.75, 3.05) is 7.11 Å². The number of ether oxygens (including phenoxy) is 1. The lowest BCUT2D eigenvalue weighted by molar-refractivity contribution is -0.127. The standard InChI is InChI=1S/C27H29FN2O3S/c1-33-21-12-7-9-19(17-21)18-30(27(32)24-15-8-16-34-24)25(22-13-5-6-14-23(22)28)26(31)29-20-10-3-2-4-11-20/h5-9,12-17,20,25H,2-4,10-11,18H2,1H3,(H,29,31)/t25-/m0/s1. The molecule has 0 radical (unpaired) electrons. The molecule has 1 aliphatic carbocycles. The number of nitrogens with one attached hydrogen (secondary N) is 1. The lowest BCUT2D eigenvalue weighted by Gasteiger charge is -2.33. The van der Waals surface area contributed by atoms with Crippen LogP contribution in [0, 0.1) is 5.82 Å². The van der Waals surface area contributed by atoms with Gasteiger partial charge >= 0.3 is 0 Å². The average molecular weight is 481 g/mol. The van der Waals surface area contributed by atoms with Gasteiger partial charge in [0.2, 0.25) is 5.91 Å². The SMILES string of the molecule is COc1cccc(CN(C(=O)c2cccs2)[C@H](C(=O)NC2CCCCC2)c2ccccc2F)c1. The fourth-order valence-electron chi connectivity index (χ4n) is 4.46. The smallest absolute Gasteiger partial charge is 0.265 e. The summed E-state index contributed by atoms with van der Waals surface area (Å²) in [7, 11) is 1.58. The summed E-state index contributed by atoms with van der Waals surface area (Å²) in [4.78, 5) is 29.4. The van der Waals surface area contributed by atoms with Crippen LogP contribution in [0.15, 0.2) is 66.0 Å². The summed E-state index contributed by atoms with van der Waals surface area (Å²) in [5.74, 6) is -0.536. The van der Waals surface area contributed by atoms with E-state index >= 15 is 4.39 Å². The van der Waals surface area contributed by atoms with Crippen molar-refractivity contribution in [3.8, 4) is 5.75 Å². The van der Waals surface area contributed by atoms with Crippen LogP contribution in [-0.2, 0) is 11.3 Å². The molecule has 1 saturated carbocycles. The maximum absolute atomic E-state index is 15.1. The van der Waals surface area contributed by atoms with E-state index in [9.17, 15) is 9.59 Å². The molecule has 1 aromatic heterocycles. The number of hydrogen-bond acceptors (Lipinski definition) is 4. The molecular formula is C27H29FN2O3S. The first kappa shape index (κ1) is 24.0. The molecule has 5 nitrogen and oxygen atoms in total. The van der Waals surface area contributed by atoms with Gasteiger partial charge in [-0.3, -0.25) is 9.59 Å². The summed E-state index contributed by atoms with van der Waals surface area (Å²) >= 11 is 1.30. The number of amides is 2. The molecule has 1 atom stereocenters. The van der Waals surface area contributed by atoms with Crippen LogP contribution in [0.1, 0.15) is 58.9 Å². The number of thiophene rings is 1. The lowest BCUT2D eigenvalue weighted by atomic mass is 9.94. The Bertz CT molecular complexity index is 1110. The highest BCUT2D eigenvalue weighted by Crippen LogP contribution is 2.30. The molecule has 178 valence electrons. The van der Waals surface area contributed by atoms with Gasteiger partial charge in [-0.2, -0.15) is 0 Å². The number of nitrogens with zero attached hydrogens (tertiary/aromatic N) is 1. The highest BCUT2D eigenvalue weighted by Gasteiger charge is 2.35. The molecule has 0 saturated heterocycles. The minimum absolute atomic E-state index is 0.0334. The quantitative estimate of drug-likeness (QED) is 0.448. The number of carbonyl (C=O) groups excluding carboxylic acids is 2. The van der Waals surface area contributed by atoms with Crippen molar-refractivity contribution < 1.29 is 18.7 Å². The predicted molar refractivity (Wildman–Crippen MR) is 131 cm³/mol. The second kappa shape index (κ2) is 11.3. The van der Waals surface area contributed by atoms with Crippen LogP contribution in [0.3, 0.4) is 0 Å². The Labute approximate surface area is 203 Å². The second-order valence-corrected chi connectivity index (χ2v) is 9.48. The van der Waals surface area contributed by atoms with E-state index < -0.39 is 11.9 Å². The monoisotopic (exact) mass is 480 g/mol. The summed E-state index contributed by atoms with van der Waals surface area (Å²) in [6, 6.07) is 16.0. The third-order valence-corrected chi connectivity index (χ3v) is 7.05. The Morgan fingerprint density at radius 3 is 2.59 bits per heavy atom. The molecule has 4 rings (SSSR count). The first-order valence-corrected chi connectivity index (χ1v) is 12.5. The van der Waals surface area contributed by atoms with Crippen molar-refractivity contribution in [3.63, 3.8) is 0 Å². The van der Waals surface area contributed by atoms with Crippen LogP contribution in [0.2, 0.25) is 0 Å². The van der Waals surface area contributed by atoms with E-state index in [2.05, 4.69) is 5.32 Å². The van der Waals surface area contributed by atoms with Crippen molar-refractivity contribution in [3.05, 3.63) is 87.9 Å². The second-order valence-electron chi connectivity index (χ2n) is 8.53. The summed E-state index contributed by atoms with van der Waals surface area (Å²) in [6.07, 6.45) is 5.05. The molecule has 0 bridgehead atoms. The zero-order valence-corrected chi connectivity index (χ0v) is 20.0. The fourth-order valence-corrected chi connectivity index (χ4v) is 5.14. The third kappa shape index (κ3) is 5.65. The molecule has 34 heavy (non-hydrogen) atoms. The zero-order valence-electron chi connectivity index (χ0n) is 19.2.